The van der Waals surface area contributed by atoms with Crippen molar-refractivity contribution >= 4 is 5.78 Å². The molecule has 4 heteroatoms. The van der Waals surface area contributed by atoms with Gasteiger partial charge in [0.05, 0.1) is 5.69 Å². The Morgan fingerprint density at radius 2 is 1.70 bits per heavy atom. The lowest BCUT2D eigenvalue weighted by atomic mass is 10.1. The lowest BCUT2D eigenvalue weighted by Crippen LogP contribution is -1.98. The minimum absolute atomic E-state index is 0.397. The second-order valence-electron chi connectivity index (χ2n) is 5.88. The highest BCUT2D eigenvalue weighted by Crippen LogP contribution is 2.07. The minimum atomic E-state index is 0.397. The fourth-order valence-electron chi connectivity index (χ4n) is 2.47. The number of aryl methyl sites for hydroxylation is 2. The number of carbonyl (C=O) groups excluding carboxylic acids is 1. The van der Waals surface area contributed by atoms with E-state index in [2.05, 4.69) is 30.4 Å². The van der Waals surface area contributed by atoms with Gasteiger partial charge in [-0.15, -0.1) is 5.10 Å². The van der Waals surface area contributed by atoms with Gasteiger partial charge < -0.3 is 0 Å². The number of Topliss-reactive ketones (excluding diaryl/α,β-unsaturated/α-hetero) is 1. The van der Waals surface area contributed by atoms with Crippen LogP contribution in [0, 0.1) is 0 Å². The predicted octanol–water partition coefficient (Wildman–Crippen LogP) is 5.36. The first-order valence-corrected chi connectivity index (χ1v) is 9.67. The number of aromatic nitrogens is 3. The first-order chi connectivity index (χ1) is 11.3. The van der Waals surface area contributed by atoms with Crippen LogP contribution in [-0.2, 0) is 17.8 Å². The standard InChI is InChI=1S/C17H31N3O.C2H6/c1-3-5-6-7-10-14-20-15-16(18-19-20)12-8-9-13-17(21)11-4-2;1-2/h15H,3-14H2,1-2H3;1-2H3. The van der Waals surface area contributed by atoms with Crippen LogP contribution in [0.5, 0.6) is 0 Å². The molecular formula is C19H37N3O. The SMILES string of the molecule is CC.CCCCCCCn1cc(CCCCC(=O)CCC)nn1. The number of carbonyl (C=O) groups is 1. The highest BCUT2D eigenvalue weighted by atomic mass is 16.1. The van der Waals surface area contributed by atoms with Crippen molar-refractivity contribution in [2.45, 2.75) is 105 Å². The normalized spacial score (nSPS) is 10.3. The van der Waals surface area contributed by atoms with Gasteiger partial charge in [-0.3, -0.25) is 9.48 Å². The number of hydrogen-bond donors (Lipinski definition) is 0. The number of unbranched alkanes of at least 4 members (excludes halogenated alkanes) is 5. The fourth-order valence-corrected chi connectivity index (χ4v) is 2.47. The maximum absolute atomic E-state index is 11.4. The number of ketones is 1. The van der Waals surface area contributed by atoms with Crippen molar-refractivity contribution in [3.05, 3.63) is 11.9 Å². The molecule has 0 saturated heterocycles. The van der Waals surface area contributed by atoms with E-state index in [1.807, 2.05) is 18.5 Å². The maximum atomic E-state index is 11.4. The Balaban J connectivity index is 0.00000232. The van der Waals surface area contributed by atoms with Gasteiger partial charge >= 0.3 is 0 Å². The summed E-state index contributed by atoms with van der Waals surface area (Å²) in [4.78, 5) is 11.4. The van der Waals surface area contributed by atoms with E-state index in [-0.39, 0.29) is 0 Å². The first kappa shape index (κ1) is 21.8. The van der Waals surface area contributed by atoms with E-state index < -0.39 is 0 Å². The largest absolute Gasteiger partial charge is 0.300 e. The van der Waals surface area contributed by atoms with Gasteiger partial charge in [0, 0.05) is 25.6 Å². The predicted molar refractivity (Wildman–Crippen MR) is 97.6 cm³/mol. The molecule has 0 aliphatic heterocycles. The van der Waals surface area contributed by atoms with Crippen LogP contribution in [0.3, 0.4) is 0 Å². The summed E-state index contributed by atoms with van der Waals surface area (Å²) in [6.45, 7) is 9.27. The summed E-state index contributed by atoms with van der Waals surface area (Å²) in [5, 5.41) is 8.39. The Bertz CT molecular complexity index is 388. The van der Waals surface area contributed by atoms with Crippen LogP contribution in [-0.4, -0.2) is 20.8 Å². The number of nitrogens with zero attached hydrogens (tertiary/aromatic N) is 3. The van der Waals surface area contributed by atoms with Crippen molar-refractivity contribution < 1.29 is 4.79 Å². The minimum Gasteiger partial charge on any atom is -0.300 e. The first-order valence-electron chi connectivity index (χ1n) is 9.67. The summed E-state index contributed by atoms with van der Waals surface area (Å²) in [6, 6.07) is 0. The Morgan fingerprint density at radius 3 is 2.39 bits per heavy atom. The quantitative estimate of drug-likeness (QED) is 0.459. The molecule has 0 bridgehead atoms. The fraction of sp³-hybridized carbons (Fsp3) is 0.842. The van der Waals surface area contributed by atoms with Gasteiger partial charge in [-0.05, 0) is 32.1 Å². The molecule has 0 aliphatic carbocycles. The molecule has 0 fully saturated rings. The molecule has 0 saturated carbocycles. The van der Waals surface area contributed by atoms with E-state index in [4.69, 9.17) is 0 Å². The van der Waals surface area contributed by atoms with E-state index in [1.165, 1.54) is 32.1 Å². The van der Waals surface area contributed by atoms with E-state index in [0.717, 1.165) is 50.8 Å². The molecule has 1 aromatic rings. The highest BCUT2D eigenvalue weighted by Gasteiger charge is 2.03. The smallest absolute Gasteiger partial charge is 0.132 e. The van der Waals surface area contributed by atoms with Crippen molar-refractivity contribution in [1.82, 2.24) is 15.0 Å². The Hall–Kier alpha value is -1.19. The molecule has 1 rings (SSSR count). The third-order valence-electron chi connectivity index (χ3n) is 3.74. The van der Waals surface area contributed by atoms with Crippen LogP contribution in [0.15, 0.2) is 6.20 Å². The lowest BCUT2D eigenvalue weighted by molar-refractivity contribution is -0.119. The zero-order valence-electron chi connectivity index (χ0n) is 15.8. The molecule has 0 N–H and O–H groups in total. The molecule has 4 nitrogen and oxygen atoms in total. The van der Waals surface area contributed by atoms with Gasteiger partial charge in [-0.2, -0.15) is 0 Å². The van der Waals surface area contributed by atoms with Crippen molar-refractivity contribution in [2.75, 3.05) is 0 Å². The summed E-state index contributed by atoms with van der Waals surface area (Å²) >= 11 is 0. The van der Waals surface area contributed by atoms with Gasteiger partial charge in [-0.25, -0.2) is 0 Å². The van der Waals surface area contributed by atoms with Crippen LogP contribution in [0.4, 0.5) is 0 Å². The van der Waals surface area contributed by atoms with Crippen molar-refractivity contribution in [3.8, 4) is 0 Å². The van der Waals surface area contributed by atoms with E-state index in [0.29, 0.717) is 5.78 Å². The van der Waals surface area contributed by atoms with Gasteiger partial charge in [0.25, 0.3) is 0 Å². The Morgan fingerprint density at radius 1 is 0.957 bits per heavy atom. The van der Waals surface area contributed by atoms with Crippen molar-refractivity contribution in [2.24, 2.45) is 0 Å². The molecule has 1 heterocycles. The van der Waals surface area contributed by atoms with Gasteiger partial charge in [0.1, 0.15) is 5.78 Å². The molecule has 0 spiro atoms. The average Bonchev–Trinajstić information content (AvgIpc) is 3.01. The third-order valence-corrected chi connectivity index (χ3v) is 3.74. The molecule has 0 unspecified atom stereocenters. The van der Waals surface area contributed by atoms with E-state index in [9.17, 15) is 4.79 Å². The van der Waals surface area contributed by atoms with E-state index >= 15 is 0 Å². The van der Waals surface area contributed by atoms with Crippen LogP contribution in [0.2, 0.25) is 0 Å². The van der Waals surface area contributed by atoms with Gasteiger partial charge in [0.15, 0.2) is 0 Å². The zero-order valence-corrected chi connectivity index (χ0v) is 15.8. The molecule has 0 aromatic carbocycles. The lowest BCUT2D eigenvalue weighted by Gasteiger charge is -2.00. The summed E-state index contributed by atoms with van der Waals surface area (Å²) in [5.41, 5.74) is 1.06. The number of rotatable bonds is 13. The number of hydrogen-bond acceptors (Lipinski definition) is 3. The maximum Gasteiger partial charge on any atom is 0.132 e. The molecule has 23 heavy (non-hydrogen) atoms. The molecule has 134 valence electrons. The molecular weight excluding hydrogens is 286 g/mol. The Kier molecular flexibility index (Phi) is 14.9. The highest BCUT2D eigenvalue weighted by molar-refractivity contribution is 5.78. The van der Waals surface area contributed by atoms with Gasteiger partial charge in [-0.1, -0.05) is 58.6 Å². The van der Waals surface area contributed by atoms with Crippen LogP contribution in [0.25, 0.3) is 0 Å². The molecule has 0 amide bonds. The summed E-state index contributed by atoms with van der Waals surface area (Å²) in [5.74, 6) is 0.397. The Labute approximate surface area is 143 Å². The summed E-state index contributed by atoms with van der Waals surface area (Å²) in [6.07, 6.45) is 13.8. The molecule has 0 aliphatic rings. The summed E-state index contributed by atoms with van der Waals surface area (Å²) < 4.78 is 1.96. The van der Waals surface area contributed by atoms with E-state index in [1.54, 1.807) is 0 Å². The monoisotopic (exact) mass is 323 g/mol. The van der Waals surface area contributed by atoms with Crippen LogP contribution in [0.1, 0.15) is 97.6 Å². The second-order valence-corrected chi connectivity index (χ2v) is 5.88. The van der Waals surface area contributed by atoms with Crippen LogP contribution >= 0.6 is 0 Å². The molecule has 1 aromatic heterocycles. The molecule has 0 atom stereocenters. The molecule has 0 radical (unpaired) electrons. The van der Waals surface area contributed by atoms with Crippen molar-refractivity contribution in [3.63, 3.8) is 0 Å². The average molecular weight is 324 g/mol. The summed E-state index contributed by atoms with van der Waals surface area (Å²) in [7, 11) is 0. The zero-order chi connectivity index (χ0) is 17.3. The second kappa shape index (κ2) is 15.7. The third kappa shape index (κ3) is 12.0. The topological polar surface area (TPSA) is 47.8 Å². The van der Waals surface area contributed by atoms with Crippen LogP contribution < -0.4 is 0 Å². The van der Waals surface area contributed by atoms with Gasteiger partial charge in [0.2, 0.25) is 0 Å². The van der Waals surface area contributed by atoms with Crippen molar-refractivity contribution in [1.29, 1.82) is 0 Å².